The molecule has 0 aliphatic heterocycles. The van der Waals surface area contributed by atoms with Crippen molar-refractivity contribution in [1.29, 1.82) is 0 Å². The fourth-order valence-electron chi connectivity index (χ4n) is 2.34. The number of thiazole rings is 1. The number of aromatic nitrogens is 3. The van der Waals surface area contributed by atoms with Crippen LogP contribution in [0, 0.1) is 6.92 Å². The van der Waals surface area contributed by atoms with Gasteiger partial charge in [0.05, 0.1) is 22.9 Å². The zero-order chi connectivity index (χ0) is 20.0. The van der Waals surface area contributed by atoms with Crippen molar-refractivity contribution in [3.8, 4) is 10.6 Å². The standard InChI is InChI=1S/C19H26N4O3S/c1-6-26-15(25)9-7-8-14(24)23-18-21-12(2)16(27-18)13-10-11-20-17(22-13)19(3,4)5/h10-11H,6-9H2,1-5H3,(H,21,23,24). The normalized spacial score (nSPS) is 11.3. The van der Waals surface area contributed by atoms with Gasteiger partial charge in [-0.15, -0.1) is 0 Å². The second-order valence-electron chi connectivity index (χ2n) is 7.16. The molecule has 0 spiro atoms. The minimum absolute atomic E-state index is 0.148. The zero-order valence-corrected chi connectivity index (χ0v) is 17.3. The Labute approximate surface area is 163 Å². The van der Waals surface area contributed by atoms with Gasteiger partial charge in [-0.25, -0.2) is 15.0 Å². The Kier molecular flexibility index (Phi) is 7.01. The SMILES string of the molecule is CCOC(=O)CCCC(=O)Nc1nc(C)c(-c2ccnc(C(C)(C)C)n2)s1. The highest BCUT2D eigenvalue weighted by atomic mass is 32.1. The Bertz CT molecular complexity index is 812. The third kappa shape index (κ3) is 6.09. The van der Waals surface area contributed by atoms with Crippen LogP contribution in [-0.2, 0) is 19.7 Å². The van der Waals surface area contributed by atoms with Gasteiger partial charge >= 0.3 is 5.97 Å². The molecule has 2 aromatic heterocycles. The van der Waals surface area contributed by atoms with Gasteiger partial charge in [0.15, 0.2) is 5.13 Å². The van der Waals surface area contributed by atoms with Crippen LogP contribution in [0.25, 0.3) is 10.6 Å². The predicted molar refractivity (Wildman–Crippen MR) is 106 cm³/mol. The molecule has 1 amide bonds. The van der Waals surface area contributed by atoms with E-state index >= 15 is 0 Å². The highest BCUT2D eigenvalue weighted by Gasteiger charge is 2.19. The molecule has 0 aliphatic rings. The van der Waals surface area contributed by atoms with Gasteiger partial charge in [-0.2, -0.15) is 0 Å². The van der Waals surface area contributed by atoms with E-state index in [0.717, 1.165) is 22.1 Å². The highest BCUT2D eigenvalue weighted by Crippen LogP contribution is 2.32. The van der Waals surface area contributed by atoms with Crippen LogP contribution in [-0.4, -0.2) is 33.4 Å². The third-order valence-corrected chi connectivity index (χ3v) is 4.79. The van der Waals surface area contributed by atoms with Gasteiger partial charge in [0.25, 0.3) is 0 Å². The molecule has 0 aromatic carbocycles. The van der Waals surface area contributed by atoms with Crippen molar-refractivity contribution in [1.82, 2.24) is 15.0 Å². The van der Waals surface area contributed by atoms with Gasteiger partial charge in [-0.3, -0.25) is 9.59 Å². The van der Waals surface area contributed by atoms with E-state index in [4.69, 9.17) is 4.74 Å². The predicted octanol–water partition coefficient (Wildman–Crippen LogP) is 3.88. The van der Waals surface area contributed by atoms with E-state index in [1.165, 1.54) is 11.3 Å². The summed E-state index contributed by atoms with van der Waals surface area (Å²) in [6, 6.07) is 1.85. The van der Waals surface area contributed by atoms with Crippen molar-refractivity contribution in [3.05, 3.63) is 23.8 Å². The summed E-state index contributed by atoms with van der Waals surface area (Å²) in [5.41, 5.74) is 1.46. The van der Waals surface area contributed by atoms with Gasteiger partial charge in [0.1, 0.15) is 5.82 Å². The molecule has 27 heavy (non-hydrogen) atoms. The number of carbonyl (C=O) groups is 2. The zero-order valence-electron chi connectivity index (χ0n) is 16.5. The molecular weight excluding hydrogens is 364 g/mol. The van der Waals surface area contributed by atoms with Crippen molar-refractivity contribution in [2.75, 3.05) is 11.9 Å². The lowest BCUT2D eigenvalue weighted by molar-refractivity contribution is -0.143. The Morgan fingerprint density at radius 1 is 1.22 bits per heavy atom. The number of ether oxygens (including phenoxy) is 1. The van der Waals surface area contributed by atoms with Crippen molar-refractivity contribution < 1.29 is 14.3 Å². The maximum Gasteiger partial charge on any atom is 0.305 e. The molecule has 7 nitrogen and oxygen atoms in total. The molecular formula is C19H26N4O3S. The van der Waals surface area contributed by atoms with Gasteiger partial charge in [0.2, 0.25) is 5.91 Å². The number of hydrogen-bond donors (Lipinski definition) is 1. The van der Waals surface area contributed by atoms with Crippen molar-refractivity contribution in [2.24, 2.45) is 0 Å². The first-order chi connectivity index (χ1) is 12.7. The smallest absolute Gasteiger partial charge is 0.305 e. The number of nitrogens with zero attached hydrogens (tertiary/aromatic N) is 3. The molecule has 1 N–H and O–H groups in total. The summed E-state index contributed by atoms with van der Waals surface area (Å²) < 4.78 is 4.85. The number of nitrogens with one attached hydrogen (secondary N) is 1. The van der Waals surface area contributed by atoms with Crippen LogP contribution in [0.4, 0.5) is 5.13 Å². The molecule has 0 atom stereocenters. The van der Waals surface area contributed by atoms with Crippen LogP contribution in [0.1, 0.15) is 58.5 Å². The molecule has 0 radical (unpaired) electrons. The van der Waals surface area contributed by atoms with E-state index in [1.807, 2.05) is 13.0 Å². The lowest BCUT2D eigenvalue weighted by atomic mass is 9.95. The molecule has 0 saturated carbocycles. The van der Waals surface area contributed by atoms with Crippen molar-refractivity contribution in [3.63, 3.8) is 0 Å². The second kappa shape index (κ2) is 9.03. The molecule has 8 heteroatoms. The molecule has 2 aromatic rings. The van der Waals surface area contributed by atoms with Crippen LogP contribution in [0.15, 0.2) is 12.3 Å². The number of hydrogen-bond acceptors (Lipinski definition) is 7. The summed E-state index contributed by atoms with van der Waals surface area (Å²) in [7, 11) is 0. The fraction of sp³-hybridized carbons (Fsp3) is 0.526. The van der Waals surface area contributed by atoms with Crippen LogP contribution < -0.4 is 5.32 Å². The lowest BCUT2D eigenvalue weighted by Crippen LogP contribution is -2.15. The summed E-state index contributed by atoms with van der Waals surface area (Å²) in [6.45, 7) is 10.2. The van der Waals surface area contributed by atoms with Gasteiger partial charge < -0.3 is 10.1 Å². The van der Waals surface area contributed by atoms with Crippen LogP contribution in [0.2, 0.25) is 0 Å². The van der Waals surface area contributed by atoms with Gasteiger partial charge in [-0.05, 0) is 26.3 Å². The quantitative estimate of drug-likeness (QED) is 0.721. The van der Waals surface area contributed by atoms with E-state index in [2.05, 4.69) is 41.0 Å². The maximum atomic E-state index is 12.1. The number of esters is 1. The summed E-state index contributed by atoms with van der Waals surface area (Å²) >= 11 is 1.38. The van der Waals surface area contributed by atoms with E-state index in [1.54, 1.807) is 13.1 Å². The Morgan fingerprint density at radius 3 is 2.63 bits per heavy atom. The van der Waals surface area contributed by atoms with Gasteiger partial charge in [-0.1, -0.05) is 32.1 Å². The molecule has 0 fully saturated rings. The first-order valence-electron chi connectivity index (χ1n) is 8.97. The number of carbonyl (C=O) groups excluding carboxylic acids is 2. The average Bonchev–Trinajstić information content (AvgIpc) is 2.94. The number of aryl methyl sites for hydroxylation is 1. The summed E-state index contributed by atoms with van der Waals surface area (Å²) in [6.07, 6.45) is 2.67. The van der Waals surface area contributed by atoms with E-state index in [0.29, 0.717) is 18.2 Å². The van der Waals surface area contributed by atoms with Crippen LogP contribution >= 0.6 is 11.3 Å². The first-order valence-corrected chi connectivity index (χ1v) is 9.79. The molecule has 0 aliphatic carbocycles. The highest BCUT2D eigenvalue weighted by molar-refractivity contribution is 7.19. The lowest BCUT2D eigenvalue weighted by Gasteiger charge is -2.16. The Hall–Kier alpha value is -2.35. The molecule has 2 rings (SSSR count). The van der Waals surface area contributed by atoms with Gasteiger partial charge in [0, 0.05) is 24.5 Å². The molecule has 2 heterocycles. The number of amides is 1. The Balaban J connectivity index is 2.02. The third-order valence-electron chi connectivity index (χ3n) is 3.69. The summed E-state index contributed by atoms with van der Waals surface area (Å²) in [5.74, 6) is 0.311. The number of anilines is 1. The minimum atomic E-state index is -0.281. The van der Waals surface area contributed by atoms with Crippen LogP contribution in [0.3, 0.4) is 0 Å². The maximum absolute atomic E-state index is 12.1. The first kappa shape index (κ1) is 21.0. The largest absolute Gasteiger partial charge is 0.466 e. The minimum Gasteiger partial charge on any atom is -0.466 e. The monoisotopic (exact) mass is 390 g/mol. The average molecular weight is 391 g/mol. The topological polar surface area (TPSA) is 94.1 Å². The van der Waals surface area contributed by atoms with Crippen LogP contribution in [0.5, 0.6) is 0 Å². The van der Waals surface area contributed by atoms with Crippen molar-refractivity contribution >= 4 is 28.3 Å². The molecule has 0 saturated heterocycles. The summed E-state index contributed by atoms with van der Waals surface area (Å²) in [5, 5.41) is 3.32. The molecule has 146 valence electrons. The number of rotatable bonds is 7. The van der Waals surface area contributed by atoms with E-state index in [-0.39, 0.29) is 30.1 Å². The van der Waals surface area contributed by atoms with E-state index in [9.17, 15) is 9.59 Å². The second-order valence-corrected chi connectivity index (χ2v) is 8.15. The van der Waals surface area contributed by atoms with E-state index < -0.39 is 0 Å². The Morgan fingerprint density at radius 2 is 1.96 bits per heavy atom. The molecule has 0 unspecified atom stereocenters. The molecule has 0 bridgehead atoms. The fourth-order valence-corrected chi connectivity index (χ4v) is 3.29. The van der Waals surface area contributed by atoms with Crippen molar-refractivity contribution in [2.45, 2.75) is 59.3 Å². The summed E-state index contributed by atoms with van der Waals surface area (Å²) in [4.78, 5) is 37.7.